The highest BCUT2D eigenvalue weighted by molar-refractivity contribution is 7.99. The van der Waals surface area contributed by atoms with E-state index < -0.39 is 10.8 Å². The number of rotatable bonds is 7. The van der Waals surface area contributed by atoms with Crippen LogP contribution in [0.15, 0.2) is 86.3 Å². The molecule has 3 aromatic carbocycles. The number of nitrogens with zero attached hydrogens (tertiary/aromatic N) is 4. The minimum Gasteiger partial charge on any atom is -0.451 e. The van der Waals surface area contributed by atoms with Crippen molar-refractivity contribution in [3.05, 3.63) is 98.2 Å². The molecule has 0 spiro atoms. The van der Waals surface area contributed by atoms with Crippen LogP contribution < -0.4 is 5.43 Å². The first-order chi connectivity index (χ1) is 17.9. The summed E-state index contributed by atoms with van der Waals surface area (Å²) >= 11 is 13.2. The fourth-order valence-electron chi connectivity index (χ4n) is 3.35. The predicted octanol–water partition coefficient (Wildman–Crippen LogP) is 6.35. The van der Waals surface area contributed by atoms with Crippen LogP contribution in [0.5, 0.6) is 0 Å². The molecule has 0 aliphatic rings. The summed E-state index contributed by atoms with van der Waals surface area (Å²) in [6.45, 7) is 0. The first kappa shape index (κ1) is 24.5. The molecule has 0 fully saturated rings. The van der Waals surface area contributed by atoms with E-state index in [1.165, 1.54) is 12.3 Å². The van der Waals surface area contributed by atoms with Crippen molar-refractivity contribution in [1.82, 2.24) is 20.6 Å². The Kier molecular flexibility index (Phi) is 6.91. The van der Waals surface area contributed by atoms with E-state index in [0.29, 0.717) is 37.5 Å². The number of fused-ring (bicyclic) bond motifs is 1. The van der Waals surface area contributed by atoms with E-state index in [0.717, 1.165) is 17.1 Å². The Bertz CT molecular complexity index is 1650. The second-order valence-electron chi connectivity index (χ2n) is 7.52. The second-order valence-corrected chi connectivity index (χ2v) is 9.38. The van der Waals surface area contributed by atoms with Crippen molar-refractivity contribution in [3.63, 3.8) is 0 Å². The molecule has 0 aliphatic carbocycles. The molecule has 0 radical (unpaired) electrons. The molecule has 0 saturated carbocycles. The minimum absolute atomic E-state index is 0.0989. The van der Waals surface area contributed by atoms with Crippen molar-refractivity contribution in [2.75, 3.05) is 0 Å². The summed E-state index contributed by atoms with van der Waals surface area (Å²) < 4.78 is 5.49. The topological polar surface area (TPSA) is 139 Å². The smallest absolute Gasteiger partial charge is 0.307 e. The van der Waals surface area contributed by atoms with Gasteiger partial charge in [0.1, 0.15) is 5.58 Å². The summed E-state index contributed by atoms with van der Waals surface area (Å²) in [7, 11) is 0. The van der Waals surface area contributed by atoms with Gasteiger partial charge in [-0.15, -0.1) is 5.10 Å². The number of carbonyl (C=O) groups excluding carboxylic acids is 1. The lowest BCUT2D eigenvalue weighted by Crippen LogP contribution is -2.16. The summed E-state index contributed by atoms with van der Waals surface area (Å²) in [6.07, 6.45) is 1.30. The SMILES string of the molecule is O=C(N/N=C/c1ccc(Sc2n[nH]c(-c3ccc(Cl)cc3Cl)n2)c([N+](=O)[O-])c1)c1cc2ccccc2o1. The van der Waals surface area contributed by atoms with Gasteiger partial charge in [0, 0.05) is 27.6 Å². The van der Waals surface area contributed by atoms with E-state index in [1.807, 2.05) is 12.1 Å². The summed E-state index contributed by atoms with van der Waals surface area (Å²) in [6, 6.07) is 18.3. The van der Waals surface area contributed by atoms with E-state index in [9.17, 15) is 14.9 Å². The third kappa shape index (κ3) is 5.48. The van der Waals surface area contributed by atoms with E-state index in [-0.39, 0.29) is 16.6 Å². The van der Waals surface area contributed by atoms with Crippen LogP contribution in [0.1, 0.15) is 16.1 Å². The second kappa shape index (κ2) is 10.4. The first-order valence-electron chi connectivity index (χ1n) is 10.5. The third-order valence-corrected chi connectivity index (χ3v) is 6.54. The van der Waals surface area contributed by atoms with Gasteiger partial charge < -0.3 is 4.42 Å². The summed E-state index contributed by atoms with van der Waals surface area (Å²) in [5.41, 5.74) is 3.76. The molecule has 13 heteroatoms. The van der Waals surface area contributed by atoms with Crippen molar-refractivity contribution < 1.29 is 14.1 Å². The Labute approximate surface area is 222 Å². The maximum Gasteiger partial charge on any atom is 0.307 e. The number of carbonyl (C=O) groups is 1. The number of hydrazone groups is 1. The van der Waals surface area contributed by atoms with Crippen LogP contribution in [-0.4, -0.2) is 32.2 Å². The fraction of sp³-hybridized carbons (Fsp3) is 0. The van der Waals surface area contributed by atoms with Crippen molar-refractivity contribution in [2.24, 2.45) is 5.10 Å². The van der Waals surface area contributed by atoms with Gasteiger partial charge in [0.05, 0.1) is 21.1 Å². The minimum atomic E-state index is -0.546. The zero-order valence-electron chi connectivity index (χ0n) is 18.5. The average molecular weight is 553 g/mol. The molecule has 1 amide bonds. The fourth-order valence-corrected chi connectivity index (χ4v) is 4.65. The van der Waals surface area contributed by atoms with Crippen molar-refractivity contribution >= 4 is 63.7 Å². The van der Waals surface area contributed by atoms with E-state index in [4.69, 9.17) is 27.6 Å². The maximum atomic E-state index is 12.3. The van der Waals surface area contributed by atoms with Gasteiger partial charge in [-0.2, -0.15) is 5.10 Å². The average Bonchev–Trinajstić information content (AvgIpc) is 3.52. The number of para-hydroxylation sites is 1. The first-order valence-corrected chi connectivity index (χ1v) is 12.1. The van der Waals surface area contributed by atoms with Crippen molar-refractivity contribution in [1.29, 1.82) is 0 Å². The standard InChI is InChI=1S/C24H14Cl2N6O4S/c25-15-6-7-16(17(26)11-15)22-28-24(31-29-22)37-21-8-5-13(9-18(21)32(34)35)12-27-30-23(33)20-10-14-3-1-2-4-19(14)36-20/h1-12H,(H,30,33)(H,28,29,31)/b27-12+. The lowest BCUT2D eigenvalue weighted by Gasteiger charge is -2.02. The number of nitro benzene ring substituents is 1. The van der Waals surface area contributed by atoms with Gasteiger partial charge in [-0.05, 0) is 48.2 Å². The quantitative estimate of drug-likeness (QED) is 0.136. The Morgan fingerprint density at radius 2 is 1.97 bits per heavy atom. The van der Waals surface area contributed by atoms with Crippen LogP contribution in [0.25, 0.3) is 22.4 Å². The van der Waals surface area contributed by atoms with Crippen LogP contribution in [0, 0.1) is 10.1 Å². The zero-order chi connectivity index (χ0) is 25.9. The van der Waals surface area contributed by atoms with Gasteiger partial charge in [0.15, 0.2) is 11.6 Å². The van der Waals surface area contributed by atoms with Gasteiger partial charge in [0.2, 0.25) is 5.16 Å². The molecule has 0 saturated heterocycles. The van der Waals surface area contributed by atoms with Crippen LogP contribution in [0.3, 0.4) is 0 Å². The molecule has 5 aromatic rings. The van der Waals surface area contributed by atoms with Crippen LogP contribution in [0.2, 0.25) is 10.0 Å². The number of benzene rings is 3. The number of aromatic nitrogens is 3. The molecular weight excluding hydrogens is 539 g/mol. The van der Waals surface area contributed by atoms with Crippen molar-refractivity contribution in [2.45, 2.75) is 10.1 Å². The van der Waals surface area contributed by atoms with E-state index in [2.05, 4.69) is 25.7 Å². The monoisotopic (exact) mass is 552 g/mol. The number of nitro groups is 1. The molecule has 2 aromatic heterocycles. The molecule has 0 unspecified atom stereocenters. The Morgan fingerprint density at radius 1 is 1.14 bits per heavy atom. The lowest BCUT2D eigenvalue weighted by molar-refractivity contribution is -0.387. The van der Waals surface area contributed by atoms with Crippen LogP contribution in [-0.2, 0) is 0 Å². The third-order valence-electron chi connectivity index (χ3n) is 5.06. The molecule has 184 valence electrons. The molecule has 2 N–H and O–H groups in total. The number of furan rings is 1. The van der Waals surface area contributed by atoms with E-state index in [1.54, 1.807) is 48.5 Å². The number of aromatic amines is 1. The highest BCUT2D eigenvalue weighted by atomic mass is 35.5. The number of hydrogen-bond acceptors (Lipinski definition) is 8. The molecule has 37 heavy (non-hydrogen) atoms. The number of hydrogen-bond donors (Lipinski definition) is 2. The maximum absolute atomic E-state index is 12.3. The lowest BCUT2D eigenvalue weighted by atomic mass is 10.2. The summed E-state index contributed by atoms with van der Waals surface area (Å²) in [5.74, 6) is -0.0482. The molecule has 0 bridgehead atoms. The molecule has 5 rings (SSSR count). The van der Waals surface area contributed by atoms with Gasteiger partial charge >= 0.3 is 5.91 Å². The number of halogens is 2. The molecule has 0 aliphatic heterocycles. The van der Waals surface area contributed by atoms with Crippen molar-refractivity contribution in [3.8, 4) is 11.4 Å². The number of amides is 1. The predicted molar refractivity (Wildman–Crippen MR) is 140 cm³/mol. The highest BCUT2D eigenvalue weighted by Crippen LogP contribution is 2.35. The number of H-pyrrole nitrogens is 1. The van der Waals surface area contributed by atoms with Gasteiger partial charge in [-0.3, -0.25) is 20.0 Å². The normalized spacial score (nSPS) is 11.3. The molecule has 2 heterocycles. The van der Waals surface area contributed by atoms with Crippen LogP contribution >= 0.6 is 35.0 Å². The molecule has 0 atom stereocenters. The zero-order valence-corrected chi connectivity index (χ0v) is 20.8. The Balaban J connectivity index is 1.30. The Hall–Kier alpha value is -4.19. The van der Waals surface area contributed by atoms with Gasteiger partial charge in [-0.1, -0.05) is 47.5 Å². The van der Waals surface area contributed by atoms with Crippen LogP contribution in [0.4, 0.5) is 5.69 Å². The molecular formula is C24H14Cl2N6O4S. The largest absolute Gasteiger partial charge is 0.451 e. The number of nitrogens with one attached hydrogen (secondary N) is 2. The Morgan fingerprint density at radius 3 is 2.76 bits per heavy atom. The summed E-state index contributed by atoms with van der Waals surface area (Å²) in [5, 5.41) is 24.4. The molecule has 10 nitrogen and oxygen atoms in total. The van der Waals surface area contributed by atoms with Gasteiger partial charge in [-0.25, -0.2) is 10.4 Å². The summed E-state index contributed by atoms with van der Waals surface area (Å²) in [4.78, 5) is 28.2. The van der Waals surface area contributed by atoms with E-state index >= 15 is 0 Å². The highest BCUT2D eigenvalue weighted by Gasteiger charge is 2.19. The van der Waals surface area contributed by atoms with Gasteiger partial charge in [0.25, 0.3) is 5.69 Å².